The molecule has 0 radical (unpaired) electrons. The average Bonchev–Trinajstić information content (AvgIpc) is 2.25. The lowest BCUT2D eigenvalue weighted by atomic mass is 10.2. The highest BCUT2D eigenvalue weighted by atomic mass is 19.1. The van der Waals surface area contributed by atoms with Gasteiger partial charge in [0.1, 0.15) is 0 Å². The van der Waals surface area contributed by atoms with Gasteiger partial charge in [0.2, 0.25) is 0 Å². The van der Waals surface area contributed by atoms with Gasteiger partial charge in [-0.1, -0.05) is 18.2 Å². The predicted octanol–water partition coefficient (Wildman–Crippen LogP) is 2.46. The van der Waals surface area contributed by atoms with Gasteiger partial charge < -0.3 is 10.1 Å². The molecule has 0 spiro atoms. The summed E-state index contributed by atoms with van der Waals surface area (Å²) in [6.45, 7) is 0.926. The second-order valence-corrected chi connectivity index (χ2v) is 3.19. The maximum atomic E-state index is 13.3. The van der Waals surface area contributed by atoms with Gasteiger partial charge in [-0.2, -0.15) is 0 Å². The van der Waals surface area contributed by atoms with E-state index in [4.69, 9.17) is 4.74 Å². The number of ether oxygens (including phenoxy) is 1. The van der Waals surface area contributed by atoms with Crippen molar-refractivity contribution in [2.75, 3.05) is 20.7 Å². The molecule has 0 aromatic heterocycles. The molecule has 0 saturated carbocycles. The molecule has 1 N–H and O–H groups in total. The van der Waals surface area contributed by atoms with E-state index in [9.17, 15) is 4.39 Å². The van der Waals surface area contributed by atoms with Crippen molar-refractivity contribution in [2.45, 2.75) is 6.42 Å². The maximum absolute atomic E-state index is 13.3. The quantitative estimate of drug-likeness (QED) is 0.752. The van der Waals surface area contributed by atoms with E-state index in [1.54, 1.807) is 6.07 Å². The Bertz CT molecular complexity index is 336. The average molecular weight is 209 g/mol. The molecule has 0 heterocycles. The number of nitrogens with one attached hydrogen (secondary N) is 1. The normalized spacial score (nSPS) is 10.9. The van der Waals surface area contributed by atoms with E-state index in [2.05, 4.69) is 5.32 Å². The highest BCUT2D eigenvalue weighted by Gasteiger charge is 2.00. The Morgan fingerprint density at radius 1 is 1.47 bits per heavy atom. The molecule has 0 bridgehead atoms. The van der Waals surface area contributed by atoms with Gasteiger partial charge in [-0.3, -0.25) is 0 Å². The lowest BCUT2D eigenvalue weighted by molar-refractivity contribution is 0.386. The standard InChI is InChI=1S/C12H16FNO/c1-14-8-4-3-5-10-6-7-12(15-2)11(13)9-10/h3,5-7,9,14H,4,8H2,1-2H3. The number of halogens is 1. The van der Waals surface area contributed by atoms with Crippen LogP contribution in [-0.4, -0.2) is 20.7 Å². The number of rotatable bonds is 5. The van der Waals surface area contributed by atoms with Crippen LogP contribution >= 0.6 is 0 Å². The highest BCUT2D eigenvalue weighted by Crippen LogP contribution is 2.18. The molecule has 0 aliphatic rings. The first-order valence-corrected chi connectivity index (χ1v) is 4.92. The van der Waals surface area contributed by atoms with E-state index in [0.29, 0.717) is 0 Å². The molecule has 1 aromatic rings. The van der Waals surface area contributed by atoms with Crippen LogP contribution in [0.1, 0.15) is 12.0 Å². The fourth-order valence-electron chi connectivity index (χ4n) is 1.23. The predicted molar refractivity (Wildman–Crippen MR) is 60.5 cm³/mol. The Morgan fingerprint density at radius 2 is 2.27 bits per heavy atom. The Hall–Kier alpha value is -1.35. The number of benzene rings is 1. The third-order valence-corrected chi connectivity index (χ3v) is 2.05. The summed E-state index contributed by atoms with van der Waals surface area (Å²) in [5.41, 5.74) is 0.851. The lowest BCUT2D eigenvalue weighted by Gasteiger charge is -2.01. The largest absolute Gasteiger partial charge is 0.494 e. The van der Waals surface area contributed by atoms with Crippen molar-refractivity contribution in [1.82, 2.24) is 5.32 Å². The molecule has 1 aromatic carbocycles. The Labute approximate surface area is 89.8 Å². The molecule has 0 aliphatic heterocycles. The summed E-state index contributed by atoms with van der Waals surface area (Å²) in [5.74, 6) is -0.0457. The number of hydrogen-bond acceptors (Lipinski definition) is 2. The monoisotopic (exact) mass is 209 g/mol. The van der Waals surface area contributed by atoms with E-state index in [1.807, 2.05) is 25.3 Å². The smallest absolute Gasteiger partial charge is 0.165 e. The number of hydrogen-bond donors (Lipinski definition) is 1. The number of methoxy groups -OCH3 is 1. The first-order chi connectivity index (χ1) is 7.27. The van der Waals surface area contributed by atoms with Gasteiger partial charge in [0.25, 0.3) is 0 Å². The fraction of sp³-hybridized carbons (Fsp3) is 0.333. The summed E-state index contributed by atoms with van der Waals surface area (Å²) in [5, 5.41) is 3.04. The zero-order valence-corrected chi connectivity index (χ0v) is 9.09. The molecule has 0 unspecified atom stereocenters. The topological polar surface area (TPSA) is 21.3 Å². The van der Waals surface area contributed by atoms with Gasteiger partial charge in [0.15, 0.2) is 11.6 Å². The van der Waals surface area contributed by atoms with Gasteiger partial charge in [-0.25, -0.2) is 4.39 Å². The summed E-state index contributed by atoms with van der Waals surface area (Å²) in [4.78, 5) is 0. The summed E-state index contributed by atoms with van der Waals surface area (Å²) >= 11 is 0. The zero-order valence-electron chi connectivity index (χ0n) is 9.09. The van der Waals surface area contributed by atoms with Crippen molar-refractivity contribution in [2.24, 2.45) is 0 Å². The molecule has 15 heavy (non-hydrogen) atoms. The molecule has 2 nitrogen and oxygen atoms in total. The van der Waals surface area contributed by atoms with Crippen molar-refractivity contribution in [1.29, 1.82) is 0 Å². The van der Waals surface area contributed by atoms with Crippen LogP contribution in [0.4, 0.5) is 4.39 Å². The summed E-state index contributed by atoms with van der Waals surface area (Å²) in [6.07, 6.45) is 4.85. The molecule has 0 aliphatic carbocycles. The first kappa shape index (κ1) is 11.7. The van der Waals surface area contributed by atoms with E-state index in [0.717, 1.165) is 18.5 Å². The minimum Gasteiger partial charge on any atom is -0.494 e. The molecular weight excluding hydrogens is 193 g/mol. The summed E-state index contributed by atoms with van der Waals surface area (Å²) < 4.78 is 18.1. The second-order valence-electron chi connectivity index (χ2n) is 3.19. The maximum Gasteiger partial charge on any atom is 0.165 e. The first-order valence-electron chi connectivity index (χ1n) is 4.92. The van der Waals surface area contributed by atoms with Crippen LogP contribution in [0.5, 0.6) is 5.75 Å². The Morgan fingerprint density at radius 3 is 2.87 bits per heavy atom. The van der Waals surface area contributed by atoms with Crippen LogP contribution < -0.4 is 10.1 Å². The summed E-state index contributed by atoms with van der Waals surface area (Å²) in [7, 11) is 3.36. The third-order valence-electron chi connectivity index (χ3n) is 2.05. The van der Waals surface area contributed by atoms with Gasteiger partial charge in [0.05, 0.1) is 7.11 Å². The third kappa shape index (κ3) is 3.72. The van der Waals surface area contributed by atoms with E-state index in [-0.39, 0.29) is 11.6 Å². The van der Waals surface area contributed by atoms with Crippen molar-refractivity contribution in [3.63, 3.8) is 0 Å². The molecule has 0 atom stereocenters. The van der Waals surface area contributed by atoms with Crippen LogP contribution in [0, 0.1) is 5.82 Å². The van der Waals surface area contributed by atoms with Crippen molar-refractivity contribution >= 4 is 6.08 Å². The molecule has 0 fully saturated rings. The van der Waals surface area contributed by atoms with Crippen molar-refractivity contribution in [3.05, 3.63) is 35.7 Å². The van der Waals surface area contributed by atoms with Gasteiger partial charge in [-0.15, -0.1) is 0 Å². The van der Waals surface area contributed by atoms with E-state index >= 15 is 0 Å². The van der Waals surface area contributed by atoms with Crippen LogP contribution in [0.3, 0.4) is 0 Å². The van der Waals surface area contributed by atoms with Gasteiger partial charge in [-0.05, 0) is 37.7 Å². The minimum atomic E-state index is -0.326. The van der Waals surface area contributed by atoms with Gasteiger partial charge in [0, 0.05) is 0 Å². The summed E-state index contributed by atoms with van der Waals surface area (Å²) in [6, 6.07) is 4.93. The SMILES string of the molecule is CNCCC=Cc1ccc(OC)c(F)c1. The van der Waals surface area contributed by atoms with Crippen LogP contribution in [0.2, 0.25) is 0 Å². The van der Waals surface area contributed by atoms with Crippen molar-refractivity contribution < 1.29 is 9.13 Å². The van der Waals surface area contributed by atoms with Crippen LogP contribution in [0.15, 0.2) is 24.3 Å². The molecular formula is C12H16FNO. The molecule has 0 saturated heterocycles. The van der Waals surface area contributed by atoms with E-state index in [1.165, 1.54) is 13.2 Å². The second kappa shape index (κ2) is 6.19. The van der Waals surface area contributed by atoms with Crippen molar-refractivity contribution in [3.8, 4) is 5.75 Å². The zero-order chi connectivity index (χ0) is 11.1. The van der Waals surface area contributed by atoms with E-state index < -0.39 is 0 Å². The fourth-order valence-corrected chi connectivity index (χ4v) is 1.23. The van der Waals surface area contributed by atoms with Gasteiger partial charge >= 0.3 is 0 Å². The lowest BCUT2D eigenvalue weighted by Crippen LogP contribution is -2.05. The Balaban J connectivity index is 2.63. The van der Waals surface area contributed by atoms with Crippen LogP contribution in [-0.2, 0) is 0 Å². The molecule has 3 heteroatoms. The van der Waals surface area contributed by atoms with Crippen LogP contribution in [0.25, 0.3) is 6.08 Å². The Kier molecular flexibility index (Phi) is 4.84. The molecule has 82 valence electrons. The molecule has 1 rings (SSSR count). The molecule has 0 amide bonds. The minimum absolute atomic E-state index is 0.280. The highest BCUT2D eigenvalue weighted by molar-refractivity contribution is 5.50.